The standard InChI is InChI=1S/C15H13FN2O2/c16-12-3-1-11(2-4-12)15-6-5-14(20-15)10-17-9-13-7-8-19-18-13/h1-8,17H,9-10H2. The molecule has 0 bridgehead atoms. The summed E-state index contributed by atoms with van der Waals surface area (Å²) < 4.78 is 23.3. The maximum Gasteiger partial charge on any atom is 0.134 e. The highest BCUT2D eigenvalue weighted by Crippen LogP contribution is 2.22. The average molecular weight is 272 g/mol. The van der Waals surface area contributed by atoms with Crippen LogP contribution in [0.5, 0.6) is 0 Å². The topological polar surface area (TPSA) is 51.2 Å². The van der Waals surface area contributed by atoms with E-state index in [-0.39, 0.29) is 5.82 Å². The third-order valence-electron chi connectivity index (χ3n) is 2.89. The van der Waals surface area contributed by atoms with Gasteiger partial charge in [-0.05, 0) is 36.4 Å². The molecule has 2 heterocycles. The third kappa shape index (κ3) is 2.95. The number of nitrogens with zero attached hydrogens (tertiary/aromatic N) is 1. The number of furan rings is 1. The number of halogens is 1. The molecule has 2 aromatic heterocycles. The summed E-state index contributed by atoms with van der Waals surface area (Å²) in [4.78, 5) is 0. The van der Waals surface area contributed by atoms with Crippen molar-refractivity contribution in [1.29, 1.82) is 0 Å². The van der Waals surface area contributed by atoms with E-state index in [1.54, 1.807) is 18.2 Å². The molecule has 0 unspecified atom stereocenters. The van der Waals surface area contributed by atoms with Crippen molar-refractivity contribution in [3.63, 3.8) is 0 Å². The van der Waals surface area contributed by atoms with Crippen molar-refractivity contribution in [2.24, 2.45) is 0 Å². The van der Waals surface area contributed by atoms with Crippen molar-refractivity contribution in [2.45, 2.75) is 13.1 Å². The predicted octanol–water partition coefficient (Wildman–Crippen LogP) is 3.36. The SMILES string of the molecule is Fc1ccc(-c2ccc(CNCc3ccon3)o2)cc1. The number of aromatic nitrogens is 1. The van der Waals surface area contributed by atoms with Gasteiger partial charge in [-0.1, -0.05) is 5.16 Å². The lowest BCUT2D eigenvalue weighted by molar-refractivity contribution is 0.406. The van der Waals surface area contributed by atoms with Crippen LogP contribution in [-0.2, 0) is 13.1 Å². The van der Waals surface area contributed by atoms with Gasteiger partial charge in [0.05, 0.1) is 12.2 Å². The van der Waals surface area contributed by atoms with E-state index in [1.807, 2.05) is 12.1 Å². The van der Waals surface area contributed by atoms with Gasteiger partial charge in [-0.25, -0.2) is 4.39 Å². The highest BCUT2D eigenvalue weighted by atomic mass is 19.1. The van der Waals surface area contributed by atoms with Crippen LogP contribution in [0.1, 0.15) is 11.5 Å². The summed E-state index contributed by atoms with van der Waals surface area (Å²) in [6.45, 7) is 1.21. The third-order valence-corrected chi connectivity index (χ3v) is 2.89. The molecule has 1 aromatic carbocycles. The highest BCUT2D eigenvalue weighted by Gasteiger charge is 2.05. The average Bonchev–Trinajstić information content (AvgIpc) is 3.11. The minimum absolute atomic E-state index is 0.255. The van der Waals surface area contributed by atoms with Gasteiger partial charge in [0.1, 0.15) is 23.6 Å². The molecule has 20 heavy (non-hydrogen) atoms. The van der Waals surface area contributed by atoms with Crippen LogP contribution >= 0.6 is 0 Å². The van der Waals surface area contributed by atoms with E-state index in [2.05, 4.69) is 10.5 Å². The van der Waals surface area contributed by atoms with Gasteiger partial charge in [-0.2, -0.15) is 0 Å². The number of hydrogen-bond donors (Lipinski definition) is 1. The van der Waals surface area contributed by atoms with Crippen molar-refractivity contribution in [3.8, 4) is 11.3 Å². The van der Waals surface area contributed by atoms with Crippen molar-refractivity contribution in [2.75, 3.05) is 0 Å². The second-order valence-electron chi connectivity index (χ2n) is 4.37. The Hall–Kier alpha value is -2.40. The van der Waals surface area contributed by atoms with Crippen LogP contribution < -0.4 is 5.32 Å². The number of rotatable bonds is 5. The summed E-state index contributed by atoms with van der Waals surface area (Å²) in [5, 5.41) is 7.01. The fraction of sp³-hybridized carbons (Fsp3) is 0.133. The first kappa shape index (κ1) is 12.6. The Labute approximate surface area is 115 Å². The maximum atomic E-state index is 12.9. The van der Waals surface area contributed by atoms with Crippen LogP contribution in [0, 0.1) is 5.82 Å². The molecule has 1 N–H and O–H groups in total. The van der Waals surface area contributed by atoms with Crippen LogP contribution in [0.4, 0.5) is 4.39 Å². The molecule has 0 amide bonds. The number of hydrogen-bond acceptors (Lipinski definition) is 4. The van der Waals surface area contributed by atoms with Gasteiger partial charge >= 0.3 is 0 Å². The second kappa shape index (κ2) is 5.71. The second-order valence-corrected chi connectivity index (χ2v) is 4.37. The Morgan fingerprint density at radius 1 is 1.00 bits per heavy atom. The van der Waals surface area contributed by atoms with Crippen molar-refractivity contribution >= 4 is 0 Å². The molecule has 0 fully saturated rings. The lowest BCUT2D eigenvalue weighted by Crippen LogP contribution is -2.12. The Morgan fingerprint density at radius 3 is 2.60 bits per heavy atom. The summed E-state index contributed by atoms with van der Waals surface area (Å²) in [5.74, 6) is 1.28. The summed E-state index contributed by atoms with van der Waals surface area (Å²) in [7, 11) is 0. The molecule has 3 rings (SSSR count). The molecule has 0 aliphatic heterocycles. The molecule has 102 valence electrons. The van der Waals surface area contributed by atoms with Crippen LogP contribution in [0.2, 0.25) is 0 Å². The molecular weight excluding hydrogens is 259 g/mol. The number of benzene rings is 1. The zero-order chi connectivity index (χ0) is 13.8. The zero-order valence-electron chi connectivity index (χ0n) is 10.7. The minimum atomic E-state index is -0.255. The van der Waals surface area contributed by atoms with Crippen LogP contribution in [0.15, 0.2) is 57.7 Å². The molecule has 0 spiro atoms. The van der Waals surface area contributed by atoms with Crippen LogP contribution in [0.25, 0.3) is 11.3 Å². The summed E-state index contributed by atoms with van der Waals surface area (Å²) in [6, 6.07) is 11.8. The number of nitrogens with one attached hydrogen (secondary N) is 1. The Bertz CT molecular complexity index is 660. The molecule has 0 aliphatic rings. The van der Waals surface area contributed by atoms with Gasteiger partial charge in [0.25, 0.3) is 0 Å². The largest absolute Gasteiger partial charge is 0.460 e. The Balaban J connectivity index is 1.60. The summed E-state index contributed by atoms with van der Waals surface area (Å²) >= 11 is 0. The van der Waals surface area contributed by atoms with E-state index in [0.717, 1.165) is 22.8 Å². The van der Waals surface area contributed by atoms with Gasteiger partial charge in [0, 0.05) is 18.2 Å². The molecule has 0 saturated heterocycles. The predicted molar refractivity (Wildman–Crippen MR) is 71.1 cm³/mol. The normalized spacial score (nSPS) is 10.8. The lowest BCUT2D eigenvalue weighted by Gasteiger charge is -2.00. The van der Waals surface area contributed by atoms with Gasteiger partial charge in [0.2, 0.25) is 0 Å². The van der Waals surface area contributed by atoms with E-state index in [1.165, 1.54) is 18.4 Å². The van der Waals surface area contributed by atoms with E-state index < -0.39 is 0 Å². The highest BCUT2D eigenvalue weighted by molar-refractivity contribution is 5.57. The lowest BCUT2D eigenvalue weighted by atomic mass is 10.2. The first-order valence-corrected chi connectivity index (χ1v) is 6.26. The fourth-order valence-corrected chi connectivity index (χ4v) is 1.88. The van der Waals surface area contributed by atoms with E-state index >= 15 is 0 Å². The fourth-order valence-electron chi connectivity index (χ4n) is 1.88. The summed E-state index contributed by atoms with van der Waals surface area (Å²) in [5.41, 5.74) is 1.70. The van der Waals surface area contributed by atoms with Gasteiger partial charge < -0.3 is 14.3 Å². The quantitative estimate of drug-likeness (QED) is 0.773. The van der Waals surface area contributed by atoms with Crippen molar-refractivity contribution in [1.82, 2.24) is 10.5 Å². The molecular formula is C15H13FN2O2. The zero-order valence-corrected chi connectivity index (χ0v) is 10.7. The van der Waals surface area contributed by atoms with Crippen LogP contribution in [-0.4, -0.2) is 5.16 Å². The van der Waals surface area contributed by atoms with Gasteiger partial charge in [-0.15, -0.1) is 0 Å². The van der Waals surface area contributed by atoms with Crippen LogP contribution in [0.3, 0.4) is 0 Å². The van der Waals surface area contributed by atoms with Crippen molar-refractivity contribution in [3.05, 3.63) is 66.0 Å². The molecule has 0 saturated carbocycles. The van der Waals surface area contributed by atoms with Crippen molar-refractivity contribution < 1.29 is 13.3 Å². The molecule has 0 atom stereocenters. The van der Waals surface area contributed by atoms with E-state index in [9.17, 15) is 4.39 Å². The maximum absolute atomic E-state index is 12.9. The van der Waals surface area contributed by atoms with E-state index in [0.29, 0.717) is 13.1 Å². The van der Waals surface area contributed by atoms with E-state index in [4.69, 9.17) is 8.94 Å². The smallest absolute Gasteiger partial charge is 0.134 e. The molecule has 0 radical (unpaired) electrons. The van der Waals surface area contributed by atoms with Gasteiger partial charge in [-0.3, -0.25) is 0 Å². The first-order valence-electron chi connectivity index (χ1n) is 6.26. The molecule has 0 aliphatic carbocycles. The Morgan fingerprint density at radius 2 is 1.85 bits per heavy atom. The first-order chi connectivity index (χ1) is 9.81. The minimum Gasteiger partial charge on any atom is -0.460 e. The monoisotopic (exact) mass is 272 g/mol. The summed E-state index contributed by atoms with van der Waals surface area (Å²) in [6.07, 6.45) is 1.54. The molecule has 3 aromatic rings. The van der Waals surface area contributed by atoms with Gasteiger partial charge in [0.15, 0.2) is 0 Å². The molecule has 5 heteroatoms. The molecule has 4 nitrogen and oxygen atoms in total. The Kier molecular flexibility index (Phi) is 3.60.